The first-order chi connectivity index (χ1) is 12.1. The molecule has 3 rings (SSSR count). The van der Waals surface area contributed by atoms with Gasteiger partial charge in [0.05, 0.1) is 7.05 Å². The van der Waals surface area contributed by atoms with Gasteiger partial charge in [-0.25, -0.2) is 18.6 Å². The molecule has 0 spiro atoms. The van der Waals surface area contributed by atoms with Gasteiger partial charge in [0.2, 0.25) is 5.69 Å². The third-order valence-electron chi connectivity index (χ3n) is 3.70. The summed E-state index contributed by atoms with van der Waals surface area (Å²) in [5.74, 6) is 0. The van der Waals surface area contributed by atoms with Gasteiger partial charge >= 0.3 is 0 Å². The van der Waals surface area contributed by atoms with Crippen LogP contribution in [0.5, 0.6) is 0 Å². The SMILES string of the molecule is Cn1c(-c2ccc(Cl)cc2)cc(-c2ccc(Cl)cc2)[n+]1C.[O-][Cl+3]([O-])([O-])[O-]. The zero-order valence-electron chi connectivity index (χ0n) is 13.9. The summed E-state index contributed by atoms with van der Waals surface area (Å²) in [5, 5.41) is 1.49. The van der Waals surface area contributed by atoms with Crippen LogP contribution in [0.25, 0.3) is 22.5 Å². The summed E-state index contributed by atoms with van der Waals surface area (Å²) in [5.41, 5.74) is 4.55. The van der Waals surface area contributed by atoms with E-state index in [-0.39, 0.29) is 0 Å². The molecule has 0 amide bonds. The molecule has 0 N–H and O–H groups in total. The Morgan fingerprint density at radius 2 is 1.19 bits per heavy atom. The molecular weight excluding hydrogens is 403 g/mol. The smallest absolute Gasteiger partial charge is 0.222 e. The van der Waals surface area contributed by atoms with Crippen LogP contribution in [0.15, 0.2) is 54.6 Å². The molecule has 0 radical (unpaired) electrons. The second-order valence-electron chi connectivity index (χ2n) is 5.35. The van der Waals surface area contributed by atoms with E-state index in [2.05, 4.69) is 15.4 Å². The first kappa shape index (κ1) is 20.7. The van der Waals surface area contributed by atoms with E-state index in [1.165, 1.54) is 0 Å². The monoisotopic (exact) mass is 416 g/mol. The normalized spacial score (nSPS) is 11.1. The Hall–Kier alpha value is -1.64. The Balaban J connectivity index is 0.000000431. The molecule has 1 heterocycles. The van der Waals surface area contributed by atoms with Crippen molar-refractivity contribution in [2.45, 2.75) is 0 Å². The Labute approximate surface area is 162 Å². The van der Waals surface area contributed by atoms with Gasteiger partial charge in [-0.3, -0.25) is 0 Å². The van der Waals surface area contributed by atoms with Gasteiger partial charge in [0, 0.05) is 27.2 Å². The molecule has 0 aliphatic heterocycles. The molecule has 2 aromatic carbocycles. The molecule has 0 atom stereocenters. The summed E-state index contributed by atoms with van der Waals surface area (Å²) in [6.45, 7) is 0. The standard InChI is InChI=1S/C17H15Cl2N2.ClHO4/c1-20-16(12-3-7-14(18)8-4-12)11-17(21(20)2)13-5-9-15(19)10-6-13;2-1(3,4)5/h3-11H,1-2H3;(H,2,3,4,5)/q+1;/p-1. The van der Waals surface area contributed by atoms with Gasteiger partial charge in [-0.1, -0.05) is 35.3 Å². The molecule has 0 saturated carbocycles. The van der Waals surface area contributed by atoms with Gasteiger partial charge in [0.15, 0.2) is 7.05 Å². The largest absolute Gasteiger partial charge is 0.238 e. The summed E-state index contributed by atoms with van der Waals surface area (Å²) in [4.78, 5) is 0. The Morgan fingerprint density at radius 3 is 1.62 bits per heavy atom. The highest BCUT2D eigenvalue weighted by Gasteiger charge is 2.19. The van der Waals surface area contributed by atoms with Gasteiger partial charge in [0.1, 0.15) is 5.69 Å². The van der Waals surface area contributed by atoms with Crippen molar-refractivity contribution in [3.05, 3.63) is 64.6 Å². The van der Waals surface area contributed by atoms with E-state index in [4.69, 9.17) is 41.8 Å². The van der Waals surface area contributed by atoms with Crippen LogP contribution in [0.3, 0.4) is 0 Å². The number of hydrogen-bond donors (Lipinski definition) is 0. The van der Waals surface area contributed by atoms with Crippen LogP contribution in [0.1, 0.15) is 0 Å². The summed E-state index contributed by atoms with van der Waals surface area (Å²) in [6.07, 6.45) is 0. The minimum Gasteiger partial charge on any atom is -0.222 e. The lowest BCUT2D eigenvalue weighted by molar-refractivity contribution is -2.00. The number of aromatic nitrogens is 2. The van der Waals surface area contributed by atoms with E-state index in [1.807, 2.05) is 62.6 Å². The molecule has 138 valence electrons. The quantitative estimate of drug-likeness (QED) is 0.536. The molecule has 0 unspecified atom stereocenters. The Kier molecular flexibility index (Phi) is 6.65. The van der Waals surface area contributed by atoms with Crippen LogP contribution >= 0.6 is 23.2 Å². The third-order valence-corrected chi connectivity index (χ3v) is 4.20. The molecule has 1 aromatic heterocycles. The Bertz CT molecular complexity index is 801. The molecule has 0 fully saturated rings. The zero-order valence-corrected chi connectivity index (χ0v) is 16.1. The maximum atomic E-state index is 8.49. The molecule has 0 aliphatic rings. The predicted molar refractivity (Wildman–Crippen MR) is 87.5 cm³/mol. The van der Waals surface area contributed by atoms with Crippen molar-refractivity contribution in [1.29, 1.82) is 0 Å². The van der Waals surface area contributed by atoms with Crippen molar-refractivity contribution in [3.8, 4) is 22.5 Å². The van der Waals surface area contributed by atoms with Crippen molar-refractivity contribution in [3.63, 3.8) is 0 Å². The summed E-state index contributed by atoms with van der Waals surface area (Å²) in [7, 11) is -0.854. The van der Waals surface area contributed by atoms with Gasteiger partial charge in [-0.15, -0.1) is 14.9 Å². The third kappa shape index (κ3) is 5.69. The van der Waals surface area contributed by atoms with Crippen molar-refractivity contribution in [2.24, 2.45) is 14.1 Å². The first-order valence-electron chi connectivity index (χ1n) is 7.26. The van der Waals surface area contributed by atoms with Gasteiger partial charge in [0.25, 0.3) is 0 Å². The van der Waals surface area contributed by atoms with Gasteiger partial charge < -0.3 is 0 Å². The molecule has 0 saturated heterocycles. The van der Waals surface area contributed by atoms with Crippen LogP contribution in [0, 0.1) is 10.2 Å². The predicted octanol–water partition coefficient (Wildman–Crippen LogP) is -0.266. The van der Waals surface area contributed by atoms with Gasteiger partial charge in [-0.05, 0) is 36.4 Å². The van der Waals surface area contributed by atoms with E-state index in [0.29, 0.717) is 0 Å². The number of halogens is 3. The minimum atomic E-state index is -4.94. The summed E-state index contributed by atoms with van der Waals surface area (Å²) < 4.78 is 38.2. The topological polar surface area (TPSA) is 101 Å². The molecule has 9 heteroatoms. The summed E-state index contributed by atoms with van der Waals surface area (Å²) >= 11 is 11.9. The number of hydrogen-bond acceptors (Lipinski definition) is 4. The fourth-order valence-electron chi connectivity index (χ4n) is 2.42. The van der Waals surface area contributed by atoms with E-state index in [0.717, 1.165) is 32.6 Å². The van der Waals surface area contributed by atoms with Crippen molar-refractivity contribution in [1.82, 2.24) is 4.68 Å². The van der Waals surface area contributed by atoms with Gasteiger partial charge in [-0.2, -0.15) is 4.68 Å². The number of nitrogens with zero attached hydrogens (tertiary/aromatic N) is 2. The maximum absolute atomic E-state index is 8.49. The molecule has 0 bridgehead atoms. The molecule has 3 aromatic rings. The lowest BCUT2D eigenvalue weighted by Gasteiger charge is -2.17. The van der Waals surface area contributed by atoms with E-state index in [1.54, 1.807) is 0 Å². The van der Waals surface area contributed by atoms with E-state index < -0.39 is 10.2 Å². The fraction of sp³-hybridized carbons (Fsp3) is 0.118. The number of benzene rings is 2. The second kappa shape index (κ2) is 8.37. The van der Waals surface area contributed by atoms with Crippen LogP contribution < -0.4 is 23.3 Å². The van der Waals surface area contributed by atoms with Crippen LogP contribution in [0.4, 0.5) is 0 Å². The molecule has 0 aliphatic carbocycles. The minimum absolute atomic E-state index is 0.746. The highest BCUT2D eigenvalue weighted by atomic mass is 35.7. The maximum Gasteiger partial charge on any atom is 0.238 e. The average Bonchev–Trinajstić information content (AvgIpc) is 2.84. The molecule has 26 heavy (non-hydrogen) atoms. The van der Waals surface area contributed by atoms with Crippen LogP contribution in [-0.2, 0) is 14.1 Å². The van der Waals surface area contributed by atoms with Crippen LogP contribution in [-0.4, -0.2) is 4.68 Å². The molecule has 6 nitrogen and oxygen atoms in total. The first-order valence-corrected chi connectivity index (χ1v) is 9.25. The average molecular weight is 418 g/mol. The van der Waals surface area contributed by atoms with Crippen molar-refractivity contribution < 1.29 is 33.6 Å². The summed E-state index contributed by atoms with van der Waals surface area (Å²) in [6, 6.07) is 17.9. The lowest BCUT2D eigenvalue weighted by atomic mass is 10.1. The van der Waals surface area contributed by atoms with E-state index >= 15 is 0 Å². The van der Waals surface area contributed by atoms with Crippen molar-refractivity contribution in [2.75, 3.05) is 0 Å². The zero-order chi connectivity index (χ0) is 19.5. The lowest BCUT2D eigenvalue weighted by Crippen LogP contribution is -2.68. The second-order valence-corrected chi connectivity index (χ2v) is 6.98. The molecular formula is C17H15Cl3N2O4. The highest BCUT2D eigenvalue weighted by Crippen LogP contribution is 2.26. The van der Waals surface area contributed by atoms with Crippen LogP contribution in [0.2, 0.25) is 10.0 Å². The number of rotatable bonds is 2. The van der Waals surface area contributed by atoms with E-state index in [9.17, 15) is 0 Å². The Morgan fingerprint density at radius 1 is 0.808 bits per heavy atom. The highest BCUT2D eigenvalue weighted by molar-refractivity contribution is 6.30. The fourth-order valence-corrected chi connectivity index (χ4v) is 2.67. The van der Waals surface area contributed by atoms with Crippen molar-refractivity contribution >= 4 is 23.2 Å².